The largest absolute Gasteiger partial charge is 0.483 e. The van der Waals surface area contributed by atoms with Crippen molar-refractivity contribution in [1.82, 2.24) is 4.98 Å². The molecule has 0 saturated heterocycles. The minimum Gasteiger partial charge on any atom is -0.483 e. The molecule has 0 fully saturated rings. The summed E-state index contributed by atoms with van der Waals surface area (Å²) in [5.41, 5.74) is 0.744. The fourth-order valence-electron chi connectivity index (χ4n) is 1.69. The number of ether oxygens (including phenoxy) is 1. The highest BCUT2D eigenvalue weighted by molar-refractivity contribution is 6.31. The second-order valence-corrected chi connectivity index (χ2v) is 5.17. The maximum Gasteiger partial charge on any atom is 0.177 e. The van der Waals surface area contributed by atoms with Gasteiger partial charge in [-0.3, -0.25) is 9.78 Å². The third-order valence-corrected chi connectivity index (χ3v) is 3.36. The van der Waals surface area contributed by atoms with Crippen LogP contribution in [0.25, 0.3) is 0 Å². The van der Waals surface area contributed by atoms with Gasteiger partial charge in [-0.05, 0) is 36.8 Å². The minimum atomic E-state index is -0.572. The van der Waals surface area contributed by atoms with Crippen LogP contribution in [-0.2, 0) is 11.2 Å². The Labute approximate surface area is 127 Å². The first-order valence-electron chi connectivity index (χ1n) is 6.09. The maximum atomic E-state index is 12.1. The third kappa shape index (κ3) is 3.95. The fraction of sp³-hybridized carbons (Fsp3) is 0.200. The zero-order chi connectivity index (χ0) is 14.5. The number of hydrogen-bond acceptors (Lipinski definition) is 3. The fourth-order valence-corrected chi connectivity index (χ4v) is 2.06. The lowest BCUT2D eigenvalue weighted by molar-refractivity contribution is -0.124. The number of ketones is 1. The Hall–Kier alpha value is -1.58. The SMILES string of the molecule is CC(Oc1cccc(Cl)c1)C(=O)Cc1ccncc1Cl. The van der Waals surface area contributed by atoms with Gasteiger partial charge in [0.1, 0.15) is 5.75 Å². The molecule has 5 heteroatoms. The molecule has 0 aliphatic carbocycles. The Morgan fingerprint density at radius 3 is 2.85 bits per heavy atom. The first-order chi connectivity index (χ1) is 9.56. The molecule has 1 atom stereocenters. The summed E-state index contributed by atoms with van der Waals surface area (Å²) in [4.78, 5) is 16.0. The van der Waals surface area contributed by atoms with Crippen molar-refractivity contribution in [3.63, 3.8) is 0 Å². The van der Waals surface area contributed by atoms with E-state index in [1.165, 1.54) is 6.20 Å². The average molecular weight is 310 g/mol. The molecule has 1 unspecified atom stereocenters. The molecule has 0 amide bonds. The second kappa shape index (κ2) is 6.73. The van der Waals surface area contributed by atoms with Crippen LogP contribution in [0.5, 0.6) is 5.75 Å². The van der Waals surface area contributed by atoms with Gasteiger partial charge in [-0.15, -0.1) is 0 Å². The molecule has 3 nitrogen and oxygen atoms in total. The van der Waals surface area contributed by atoms with E-state index in [2.05, 4.69) is 4.98 Å². The van der Waals surface area contributed by atoms with Crippen molar-refractivity contribution >= 4 is 29.0 Å². The molecule has 0 saturated carbocycles. The molecule has 1 aromatic heterocycles. The normalized spacial score (nSPS) is 11.9. The monoisotopic (exact) mass is 309 g/mol. The Morgan fingerprint density at radius 1 is 1.35 bits per heavy atom. The molecule has 0 bridgehead atoms. The molecule has 0 spiro atoms. The van der Waals surface area contributed by atoms with Crippen LogP contribution in [0.3, 0.4) is 0 Å². The van der Waals surface area contributed by atoms with Crippen LogP contribution in [0.4, 0.5) is 0 Å². The highest BCUT2D eigenvalue weighted by atomic mass is 35.5. The van der Waals surface area contributed by atoms with Crippen molar-refractivity contribution in [2.75, 3.05) is 0 Å². The van der Waals surface area contributed by atoms with E-state index in [0.717, 1.165) is 5.56 Å². The second-order valence-electron chi connectivity index (χ2n) is 4.33. The van der Waals surface area contributed by atoms with Gasteiger partial charge >= 0.3 is 0 Å². The van der Waals surface area contributed by atoms with Crippen molar-refractivity contribution in [3.05, 3.63) is 58.3 Å². The van der Waals surface area contributed by atoms with Gasteiger partial charge in [0.15, 0.2) is 11.9 Å². The predicted octanol–water partition coefficient (Wildman–Crippen LogP) is 3.97. The van der Waals surface area contributed by atoms with Gasteiger partial charge in [0.05, 0.1) is 5.02 Å². The molecule has 0 aliphatic rings. The van der Waals surface area contributed by atoms with Gasteiger partial charge in [0.25, 0.3) is 0 Å². The van der Waals surface area contributed by atoms with Crippen LogP contribution in [0.15, 0.2) is 42.7 Å². The number of carbonyl (C=O) groups is 1. The average Bonchev–Trinajstić information content (AvgIpc) is 2.41. The van der Waals surface area contributed by atoms with E-state index in [9.17, 15) is 4.79 Å². The molecular formula is C15H13Cl2NO2. The van der Waals surface area contributed by atoms with Crippen LogP contribution in [-0.4, -0.2) is 16.9 Å². The third-order valence-electron chi connectivity index (χ3n) is 2.78. The standard InChI is InChI=1S/C15H13Cl2NO2/c1-10(20-13-4-2-3-12(16)8-13)15(19)7-11-5-6-18-9-14(11)17/h2-6,8-10H,7H2,1H3. The number of pyridine rings is 1. The molecule has 2 rings (SSSR count). The van der Waals surface area contributed by atoms with Gasteiger partial charge in [0.2, 0.25) is 0 Å². The molecule has 20 heavy (non-hydrogen) atoms. The quantitative estimate of drug-likeness (QED) is 0.839. The van der Waals surface area contributed by atoms with Gasteiger partial charge in [-0.2, -0.15) is 0 Å². The molecule has 0 radical (unpaired) electrons. The van der Waals surface area contributed by atoms with Crippen LogP contribution < -0.4 is 4.74 Å². The van der Waals surface area contributed by atoms with Crippen molar-refractivity contribution < 1.29 is 9.53 Å². The highest BCUT2D eigenvalue weighted by Crippen LogP contribution is 2.20. The minimum absolute atomic E-state index is 0.0573. The molecule has 1 aromatic carbocycles. The molecule has 1 heterocycles. The number of hydrogen-bond donors (Lipinski definition) is 0. The summed E-state index contributed by atoms with van der Waals surface area (Å²) in [7, 11) is 0. The molecule has 2 aromatic rings. The van der Waals surface area contributed by atoms with E-state index < -0.39 is 6.10 Å². The predicted molar refractivity (Wildman–Crippen MR) is 79.5 cm³/mol. The summed E-state index contributed by atoms with van der Waals surface area (Å²) in [6.45, 7) is 1.71. The Kier molecular flexibility index (Phi) is 4.99. The molecule has 104 valence electrons. The van der Waals surface area contributed by atoms with E-state index in [-0.39, 0.29) is 12.2 Å². The summed E-state index contributed by atoms with van der Waals surface area (Å²) in [5.74, 6) is 0.511. The van der Waals surface area contributed by atoms with Gasteiger partial charge in [-0.1, -0.05) is 29.3 Å². The molecule has 0 aliphatic heterocycles. The number of rotatable bonds is 5. The van der Waals surface area contributed by atoms with Gasteiger partial charge in [0, 0.05) is 23.8 Å². The Balaban J connectivity index is 2.01. The number of aromatic nitrogens is 1. The molecular weight excluding hydrogens is 297 g/mol. The van der Waals surface area contributed by atoms with Gasteiger partial charge < -0.3 is 4.74 Å². The van der Waals surface area contributed by atoms with Gasteiger partial charge in [-0.25, -0.2) is 0 Å². The van der Waals surface area contributed by atoms with E-state index in [4.69, 9.17) is 27.9 Å². The maximum absolute atomic E-state index is 12.1. The van der Waals surface area contributed by atoms with Crippen molar-refractivity contribution in [3.8, 4) is 5.75 Å². The van der Waals surface area contributed by atoms with Crippen LogP contribution in [0.2, 0.25) is 10.0 Å². The van der Waals surface area contributed by atoms with E-state index >= 15 is 0 Å². The van der Waals surface area contributed by atoms with E-state index in [1.54, 1.807) is 43.5 Å². The Bertz CT molecular complexity index is 616. The van der Waals surface area contributed by atoms with Crippen LogP contribution >= 0.6 is 23.2 Å². The van der Waals surface area contributed by atoms with Crippen LogP contribution in [0.1, 0.15) is 12.5 Å². The number of nitrogens with zero attached hydrogens (tertiary/aromatic N) is 1. The van der Waals surface area contributed by atoms with Crippen molar-refractivity contribution in [2.24, 2.45) is 0 Å². The summed E-state index contributed by atoms with van der Waals surface area (Å²) < 4.78 is 5.58. The first-order valence-corrected chi connectivity index (χ1v) is 6.85. The zero-order valence-electron chi connectivity index (χ0n) is 10.8. The molecule has 0 N–H and O–H groups in total. The van der Waals surface area contributed by atoms with Crippen molar-refractivity contribution in [1.29, 1.82) is 0 Å². The number of halogens is 2. The smallest absolute Gasteiger partial charge is 0.177 e. The topological polar surface area (TPSA) is 39.2 Å². The van der Waals surface area contributed by atoms with E-state index in [0.29, 0.717) is 15.8 Å². The summed E-state index contributed by atoms with van der Waals surface area (Å²) >= 11 is 11.9. The lowest BCUT2D eigenvalue weighted by Gasteiger charge is -2.14. The van der Waals surface area contributed by atoms with E-state index in [1.807, 2.05) is 0 Å². The number of carbonyl (C=O) groups excluding carboxylic acids is 1. The lowest BCUT2D eigenvalue weighted by atomic mass is 10.1. The number of benzene rings is 1. The lowest BCUT2D eigenvalue weighted by Crippen LogP contribution is -2.25. The summed E-state index contributed by atoms with van der Waals surface area (Å²) in [5, 5.41) is 1.05. The Morgan fingerprint density at radius 2 is 2.15 bits per heavy atom. The number of Topliss-reactive ketones (excluding diaryl/α,β-unsaturated/α-hetero) is 1. The summed E-state index contributed by atoms with van der Waals surface area (Å²) in [6.07, 6.45) is 2.77. The first kappa shape index (κ1) is 14.8. The van der Waals surface area contributed by atoms with Crippen LogP contribution in [0, 0.1) is 0 Å². The highest BCUT2D eigenvalue weighted by Gasteiger charge is 2.16. The summed E-state index contributed by atoms with van der Waals surface area (Å²) in [6, 6.07) is 8.68. The zero-order valence-corrected chi connectivity index (χ0v) is 12.4. The van der Waals surface area contributed by atoms with Crippen molar-refractivity contribution in [2.45, 2.75) is 19.4 Å².